The number of hydrogen-bond acceptors (Lipinski definition) is 5. The van der Waals surface area contributed by atoms with Gasteiger partial charge in [0.2, 0.25) is 0 Å². The second kappa shape index (κ2) is 10.6. The van der Waals surface area contributed by atoms with Crippen LogP contribution in [0.1, 0.15) is 44.6 Å². The van der Waals surface area contributed by atoms with E-state index in [2.05, 4.69) is 17.6 Å². The van der Waals surface area contributed by atoms with Crippen molar-refractivity contribution in [3.05, 3.63) is 35.9 Å². The molecule has 0 spiro atoms. The third-order valence-electron chi connectivity index (χ3n) is 4.95. The van der Waals surface area contributed by atoms with Crippen molar-refractivity contribution in [2.24, 2.45) is 5.92 Å². The number of amides is 1. The summed E-state index contributed by atoms with van der Waals surface area (Å²) in [7, 11) is -3.95. The smallest absolute Gasteiger partial charge is 0.407 e. The molecule has 3 atom stereocenters. The number of hydrogen-bond donors (Lipinski definition) is 3. The van der Waals surface area contributed by atoms with Gasteiger partial charge in [-0.1, -0.05) is 43.7 Å². The molecule has 7 nitrogen and oxygen atoms in total. The monoisotopic (exact) mass is 398 g/mol. The molecule has 27 heavy (non-hydrogen) atoms. The maximum Gasteiger partial charge on any atom is 0.407 e. The van der Waals surface area contributed by atoms with E-state index in [1.54, 1.807) is 0 Å². The zero-order chi connectivity index (χ0) is 19.7. The summed E-state index contributed by atoms with van der Waals surface area (Å²) >= 11 is 0. The first kappa shape index (κ1) is 21.7. The summed E-state index contributed by atoms with van der Waals surface area (Å²) in [6, 6.07) is 9.59. The Bertz CT molecular complexity index is 681. The summed E-state index contributed by atoms with van der Waals surface area (Å²) in [4.78, 5) is 11.9. The molecule has 1 fully saturated rings. The first-order valence-electron chi connectivity index (χ1n) is 9.52. The molecular formula is C19H30N2O5S. The molecule has 0 heterocycles. The van der Waals surface area contributed by atoms with Crippen molar-refractivity contribution < 1.29 is 22.5 Å². The van der Waals surface area contributed by atoms with E-state index < -0.39 is 21.5 Å². The molecular weight excluding hydrogens is 368 g/mol. The molecule has 2 rings (SSSR count). The van der Waals surface area contributed by atoms with Crippen LogP contribution in [-0.4, -0.2) is 43.4 Å². The van der Waals surface area contributed by atoms with Gasteiger partial charge >= 0.3 is 6.09 Å². The van der Waals surface area contributed by atoms with E-state index in [-0.39, 0.29) is 18.6 Å². The predicted molar refractivity (Wildman–Crippen MR) is 104 cm³/mol. The quantitative estimate of drug-likeness (QED) is 0.524. The second-order valence-corrected chi connectivity index (χ2v) is 8.85. The lowest BCUT2D eigenvalue weighted by Crippen LogP contribution is -2.38. The molecule has 1 amide bonds. The number of alkyl carbamates (subject to hydrolysis) is 1. The van der Waals surface area contributed by atoms with Crippen molar-refractivity contribution >= 4 is 16.2 Å². The van der Waals surface area contributed by atoms with Crippen LogP contribution in [0.4, 0.5) is 4.79 Å². The third-order valence-corrected chi connectivity index (χ3v) is 6.22. The van der Waals surface area contributed by atoms with Crippen LogP contribution in [0.25, 0.3) is 0 Å². The Hall–Kier alpha value is -1.64. The average Bonchev–Trinajstić information content (AvgIpc) is 3.12. The Morgan fingerprint density at radius 3 is 2.63 bits per heavy atom. The normalized spacial score (nSPS) is 21.0. The topological polar surface area (TPSA) is 105 Å². The molecule has 1 aliphatic carbocycles. The van der Waals surface area contributed by atoms with Crippen molar-refractivity contribution in [1.29, 1.82) is 0 Å². The number of carbonyl (C=O) groups is 1. The van der Waals surface area contributed by atoms with Gasteiger partial charge in [-0.15, -0.1) is 0 Å². The summed E-state index contributed by atoms with van der Waals surface area (Å²) in [5.74, 6) is 0.240. The maximum atomic E-state index is 11.9. The Labute approximate surface area is 161 Å². The zero-order valence-corrected chi connectivity index (χ0v) is 16.6. The number of benzene rings is 1. The van der Waals surface area contributed by atoms with Crippen LogP contribution in [-0.2, 0) is 21.5 Å². The Morgan fingerprint density at radius 1 is 1.26 bits per heavy atom. The van der Waals surface area contributed by atoms with Gasteiger partial charge < -0.3 is 15.4 Å². The molecule has 0 bridgehead atoms. The standard InChI is InChI=1S/C19H30N2O5S/c1-2-6-16(12-20-17-9-10-18(11-17)27(23,24)25)13-21-19(22)26-14-15-7-4-3-5-8-15/h3-5,7-8,16-18,20H,2,6,9-14H2,1H3,(H,21,22)(H,23,24,25)/t16-,17?,18?/m0/s1. The van der Waals surface area contributed by atoms with Gasteiger partial charge in [0.1, 0.15) is 6.61 Å². The van der Waals surface area contributed by atoms with E-state index in [0.717, 1.165) is 24.8 Å². The minimum atomic E-state index is -3.95. The van der Waals surface area contributed by atoms with Gasteiger partial charge in [-0.05, 0) is 43.7 Å². The minimum Gasteiger partial charge on any atom is -0.445 e. The van der Waals surface area contributed by atoms with Gasteiger partial charge in [-0.2, -0.15) is 8.42 Å². The molecule has 1 aromatic rings. The van der Waals surface area contributed by atoms with Crippen molar-refractivity contribution in [2.45, 2.75) is 56.9 Å². The number of carbonyl (C=O) groups excluding carboxylic acids is 1. The summed E-state index contributed by atoms with van der Waals surface area (Å²) in [6.07, 6.45) is 3.15. The average molecular weight is 399 g/mol. The van der Waals surface area contributed by atoms with Crippen molar-refractivity contribution in [3.63, 3.8) is 0 Å². The fraction of sp³-hybridized carbons (Fsp3) is 0.632. The number of rotatable bonds is 10. The molecule has 0 aliphatic heterocycles. The lowest BCUT2D eigenvalue weighted by Gasteiger charge is -2.20. The van der Waals surface area contributed by atoms with E-state index in [1.165, 1.54) is 0 Å². The molecule has 0 radical (unpaired) electrons. The van der Waals surface area contributed by atoms with Crippen LogP contribution in [0.3, 0.4) is 0 Å². The Balaban J connectivity index is 1.69. The van der Waals surface area contributed by atoms with Crippen LogP contribution in [0.2, 0.25) is 0 Å². The first-order chi connectivity index (χ1) is 12.9. The molecule has 8 heteroatoms. The van der Waals surface area contributed by atoms with Gasteiger partial charge in [-0.25, -0.2) is 4.79 Å². The SMILES string of the molecule is CCC[C@H](CNC(=O)OCc1ccccc1)CNC1CCC(S(=O)(=O)O)C1. The molecule has 0 aromatic heterocycles. The summed E-state index contributed by atoms with van der Waals surface area (Å²) in [5.41, 5.74) is 0.939. The maximum absolute atomic E-state index is 11.9. The van der Waals surface area contributed by atoms with Crippen LogP contribution in [0.5, 0.6) is 0 Å². The fourth-order valence-corrected chi connectivity index (χ4v) is 4.33. The van der Waals surface area contributed by atoms with Gasteiger partial charge in [0.25, 0.3) is 10.1 Å². The van der Waals surface area contributed by atoms with E-state index in [0.29, 0.717) is 25.9 Å². The lowest BCUT2D eigenvalue weighted by molar-refractivity contribution is 0.137. The van der Waals surface area contributed by atoms with Crippen LogP contribution in [0, 0.1) is 5.92 Å². The Kier molecular flexibility index (Phi) is 8.53. The highest BCUT2D eigenvalue weighted by molar-refractivity contribution is 7.86. The van der Waals surface area contributed by atoms with Crippen molar-refractivity contribution in [2.75, 3.05) is 13.1 Å². The number of nitrogens with one attached hydrogen (secondary N) is 2. The van der Waals surface area contributed by atoms with Crippen LogP contribution >= 0.6 is 0 Å². The van der Waals surface area contributed by atoms with Crippen molar-refractivity contribution in [3.8, 4) is 0 Å². The minimum absolute atomic E-state index is 0.0845. The number of ether oxygens (including phenoxy) is 1. The predicted octanol–water partition coefficient (Wildman–Crippen LogP) is 2.73. The third kappa shape index (κ3) is 7.86. The molecule has 1 aliphatic rings. The molecule has 0 saturated heterocycles. The summed E-state index contributed by atoms with van der Waals surface area (Å²) in [5, 5.41) is 5.53. The van der Waals surface area contributed by atoms with E-state index in [9.17, 15) is 13.2 Å². The second-order valence-electron chi connectivity index (χ2n) is 7.15. The largest absolute Gasteiger partial charge is 0.445 e. The summed E-state index contributed by atoms with van der Waals surface area (Å²) in [6.45, 7) is 3.52. The molecule has 3 N–H and O–H groups in total. The Morgan fingerprint density at radius 2 is 2.00 bits per heavy atom. The fourth-order valence-electron chi connectivity index (χ4n) is 3.42. The van der Waals surface area contributed by atoms with Gasteiger partial charge in [0, 0.05) is 12.6 Å². The molecule has 152 valence electrons. The van der Waals surface area contributed by atoms with Crippen LogP contribution < -0.4 is 10.6 Å². The van der Waals surface area contributed by atoms with Gasteiger partial charge in [0.05, 0.1) is 5.25 Å². The lowest BCUT2D eigenvalue weighted by atomic mass is 10.0. The summed E-state index contributed by atoms with van der Waals surface area (Å²) < 4.78 is 36.8. The van der Waals surface area contributed by atoms with Gasteiger partial charge in [-0.3, -0.25) is 4.55 Å². The van der Waals surface area contributed by atoms with Crippen molar-refractivity contribution in [1.82, 2.24) is 10.6 Å². The zero-order valence-electron chi connectivity index (χ0n) is 15.8. The van der Waals surface area contributed by atoms with Crippen LogP contribution in [0.15, 0.2) is 30.3 Å². The molecule has 1 saturated carbocycles. The van der Waals surface area contributed by atoms with E-state index in [1.807, 2.05) is 30.3 Å². The first-order valence-corrected chi connectivity index (χ1v) is 11.0. The van der Waals surface area contributed by atoms with E-state index in [4.69, 9.17) is 9.29 Å². The highest BCUT2D eigenvalue weighted by atomic mass is 32.2. The van der Waals surface area contributed by atoms with Gasteiger partial charge in [0.15, 0.2) is 0 Å². The highest BCUT2D eigenvalue weighted by Crippen LogP contribution is 2.25. The molecule has 1 aromatic carbocycles. The molecule has 2 unspecified atom stereocenters. The highest BCUT2D eigenvalue weighted by Gasteiger charge is 2.33. The van der Waals surface area contributed by atoms with E-state index >= 15 is 0 Å².